The lowest BCUT2D eigenvalue weighted by molar-refractivity contribution is 0.0560. The van der Waals surface area contributed by atoms with Crippen molar-refractivity contribution in [3.63, 3.8) is 0 Å². The maximum absolute atomic E-state index is 13.5. The molecular weight excluding hydrogens is 378 g/mol. The van der Waals surface area contributed by atoms with Gasteiger partial charge in [-0.25, -0.2) is 4.39 Å². The summed E-state index contributed by atoms with van der Waals surface area (Å²) < 4.78 is 20.1. The Morgan fingerprint density at radius 3 is 2.63 bits per heavy atom. The second-order valence-corrected chi connectivity index (χ2v) is 5.42. The lowest BCUT2D eigenvalue weighted by Gasteiger charge is -2.16. The van der Waals surface area contributed by atoms with Crippen LogP contribution in [0.15, 0.2) is 48.5 Å². The summed E-state index contributed by atoms with van der Waals surface area (Å²) in [5.41, 5.74) is 1.58. The van der Waals surface area contributed by atoms with Crippen molar-refractivity contribution < 1.29 is 9.13 Å². The van der Waals surface area contributed by atoms with E-state index < -0.39 is 0 Å². The molecule has 0 radical (unpaired) electrons. The maximum Gasteiger partial charge on any atom is 0.128 e. The van der Waals surface area contributed by atoms with Crippen LogP contribution in [0.25, 0.3) is 0 Å². The van der Waals surface area contributed by atoms with Crippen LogP contribution in [0.1, 0.15) is 17.2 Å². The average molecular weight is 391 g/mol. The molecule has 1 atom stereocenters. The van der Waals surface area contributed by atoms with E-state index in [1.54, 1.807) is 18.2 Å². The standard InChI is InChI=1S/C15H13ClFIO/c16-13-6-3-5-11(8-13)15(9-18)19-10-12-4-1-2-7-14(12)17/h1-8,15H,9-10H2. The Morgan fingerprint density at radius 1 is 1.16 bits per heavy atom. The van der Waals surface area contributed by atoms with Crippen LogP contribution in [0.5, 0.6) is 0 Å². The van der Waals surface area contributed by atoms with Gasteiger partial charge in [-0.1, -0.05) is 64.5 Å². The molecule has 0 spiro atoms. The summed E-state index contributed by atoms with van der Waals surface area (Å²) in [7, 11) is 0. The van der Waals surface area contributed by atoms with Crippen molar-refractivity contribution >= 4 is 34.2 Å². The molecule has 4 heteroatoms. The fourth-order valence-electron chi connectivity index (χ4n) is 1.74. The zero-order chi connectivity index (χ0) is 13.7. The molecule has 0 bridgehead atoms. The molecule has 0 heterocycles. The number of hydrogen-bond donors (Lipinski definition) is 0. The van der Waals surface area contributed by atoms with Crippen molar-refractivity contribution in [2.45, 2.75) is 12.7 Å². The Morgan fingerprint density at radius 2 is 1.95 bits per heavy atom. The molecular formula is C15H13ClFIO. The lowest BCUT2D eigenvalue weighted by atomic mass is 10.1. The quantitative estimate of drug-likeness (QED) is 0.505. The minimum absolute atomic E-state index is 0.0843. The van der Waals surface area contributed by atoms with E-state index in [4.69, 9.17) is 16.3 Å². The largest absolute Gasteiger partial charge is 0.368 e. The molecule has 100 valence electrons. The second-order valence-electron chi connectivity index (χ2n) is 4.10. The van der Waals surface area contributed by atoms with Gasteiger partial charge in [-0.15, -0.1) is 0 Å². The molecule has 2 aromatic rings. The van der Waals surface area contributed by atoms with Crippen LogP contribution < -0.4 is 0 Å². The summed E-state index contributed by atoms with van der Waals surface area (Å²) in [5, 5.41) is 0.682. The Bertz CT molecular complexity index is 547. The highest BCUT2D eigenvalue weighted by molar-refractivity contribution is 14.1. The van der Waals surface area contributed by atoms with Gasteiger partial charge in [-0.05, 0) is 23.8 Å². The fraction of sp³-hybridized carbons (Fsp3) is 0.200. The van der Waals surface area contributed by atoms with Gasteiger partial charge in [0.15, 0.2) is 0 Å². The van der Waals surface area contributed by atoms with Crippen LogP contribution in [0, 0.1) is 5.82 Å². The van der Waals surface area contributed by atoms with E-state index in [1.165, 1.54) is 6.07 Å². The van der Waals surface area contributed by atoms with Crippen molar-refractivity contribution in [3.8, 4) is 0 Å². The number of rotatable bonds is 5. The van der Waals surface area contributed by atoms with Gasteiger partial charge in [0.2, 0.25) is 0 Å². The summed E-state index contributed by atoms with van der Waals surface area (Å²) in [6.07, 6.45) is -0.0843. The van der Waals surface area contributed by atoms with Gasteiger partial charge in [0.05, 0.1) is 12.7 Å². The molecule has 2 rings (SSSR count). The minimum atomic E-state index is -0.235. The molecule has 0 amide bonds. The van der Waals surface area contributed by atoms with Crippen LogP contribution in [-0.4, -0.2) is 4.43 Å². The smallest absolute Gasteiger partial charge is 0.128 e. The molecule has 1 nitrogen and oxygen atoms in total. The molecule has 0 aromatic heterocycles. The van der Waals surface area contributed by atoms with Gasteiger partial charge < -0.3 is 4.74 Å². The van der Waals surface area contributed by atoms with Gasteiger partial charge in [0.25, 0.3) is 0 Å². The Hall–Kier alpha value is -0.650. The summed E-state index contributed by atoms with van der Waals surface area (Å²) in [4.78, 5) is 0. The van der Waals surface area contributed by atoms with Gasteiger partial charge >= 0.3 is 0 Å². The van der Waals surface area contributed by atoms with Crippen molar-refractivity contribution in [2.24, 2.45) is 0 Å². The van der Waals surface area contributed by atoms with E-state index in [0.29, 0.717) is 10.6 Å². The summed E-state index contributed by atoms with van der Waals surface area (Å²) >= 11 is 8.22. The highest BCUT2D eigenvalue weighted by atomic mass is 127. The van der Waals surface area contributed by atoms with E-state index in [-0.39, 0.29) is 18.5 Å². The molecule has 0 aliphatic heterocycles. The van der Waals surface area contributed by atoms with E-state index in [1.807, 2.05) is 24.3 Å². The Balaban J connectivity index is 2.06. The maximum atomic E-state index is 13.5. The van der Waals surface area contributed by atoms with Gasteiger partial charge in [-0.3, -0.25) is 0 Å². The zero-order valence-corrected chi connectivity index (χ0v) is 13.1. The first kappa shape index (κ1) is 14.8. The summed E-state index contributed by atoms with van der Waals surface area (Å²) in [6.45, 7) is 0.257. The number of ether oxygens (including phenoxy) is 1. The fourth-order valence-corrected chi connectivity index (χ4v) is 2.70. The normalized spacial score (nSPS) is 12.4. The molecule has 0 N–H and O–H groups in total. The summed E-state index contributed by atoms with van der Waals surface area (Å²) in [5.74, 6) is -0.235. The van der Waals surface area contributed by atoms with E-state index in [2.05, 4.69) is 22.6 Å². The van der Waals surface area contributed by atoms with Gasteiger partial charge in [0.1, 0.15) is 5.82 Å². The number of benzene rings is 2. The van der Waals surface area contributed by atoms with Crippen LogP contribution in [0.4, 0.5) is 4.39 Å². The van der Waals surface area contributed by atoms with Gasteiger partial charge in [0, 0.05) is 15.0 Å². The van der Waals surface area contributed by atoms with Crippen molar-refractivity contribution in [2.75, 3.05) is 4.43 Å². The zero-order valence-electron chi connectivity index (χ0n) is 10.2. The van der Waals surface area contributed by atoms with Crippen molar-refractivity contribution in [1.82, 2.24) is 0 Å². The molecule has 2 aromatic carbocycles. The Kier molecular flexibility index (Phi) is 5.60. The first-order chi connectivity index (χ1) is 9.20. The first-order valence-electron chi connectivity index (χ1n) is 5.87. The number of alkyl halides is 1. The monoisotopic (exact) mass is 390 g/mol. The van der Waals surface area contributed by atoms with Crippen LogP contribution in [-0.2, 0) is 11.3 Å². The van der Waals surface area contributed by atoms with Crippen LogP contribution in [0.2, 0.25) is 5.02 Å². The minimum Gasteiger partial charge on any atom is -0.368 e. The third kappa shape index (κ3) is 4.16. The first-order valence-corrected chi connectivity index (χ1v) is 7.77. The molecule has 0 fully saturated rings. The van der Waals surface area contributed by atoms with E-state index in [0.717, 1.165) is 9.99 Å². The molecule has 0 aliphatic carbocycles. The molecule has 0 saturated heterocycles. The molecule has 0 saturated carbocycles. The highest BCUT2D eigenvalue weighted by Crippen LogP contribution is 2.24. The molecule has 1 unspecified atom stereocenters. The SMILES string of the molecule is Fc1ccccc1COC(CI)c1cccc(Cl)c1. The number of halogens is 3. The predicted molar refractivity (Wildman–Crippen MR) is 84.3 cm³/mol. The van der Waals surface area contributed by atoms with Crippen LogP contribution in [0.3, 0.4) is 0 Å². The van der Waals surface area contributed by atoms with Crippen molar-refractivity contribution in [1.29, 1.82) is 0 Å². The third-order valence-electron chi connectivity index (χ3n) is 2.76. The average Bonchev–Trinajstić information content (AvgIpc) is 2.41. The van der Waals surface area contributed by atoms with Gasteiger partial charge in [-0.2, -0.15) is 0 Å². The van der Waals surface area contributed by atoms with E-state index >= 15 is 0 Å². The van der Waals surface area contributed by atoms with Crippen LogP contribution >= 0.6 is 34.2 Å². The third-order valence-corrected chi connectivity index (χ3v) is 3.79. The molecule has 0 aliphatic rings. The molecule has 19 heavy (non-hydrogen) atoms. The van der Waals surface area contributed by atoms with E-state index in [9.17, 15) is 4.39 Å². The predicted octanol–water partition coefficient (Wildman–Crippen LogP) is 5.17. The highest BCUT2D eigenvalue weighted by Gasteiger charge is 2.12. The topological polar surface area (TPSA) is 9.23 Å². The second kappa shape index (κ2) is 7.22. The Labute approximate surface area is 130 Å². The number of hydrogen-bond acceptors (Lipinski definition) is 1. The van der Waals surface area contributed by atoms with Crippen molar-refractivity contribution in [3.05, 3.63) is 70.5 Å². The lowest BCUT2D eigenvalue weighted by Crippen LogP contribution is -2.06. The summed E-state index contributed by atoms with van der Waals surface area (Å²) in [6, 6.07) is 14.2.